The average Bonchev–Trinajstić information content (AvgIpc) is 1.67. The van der Waals surface area contributed by atoms with Gasteiger partial charge in [0.05, 0.1) is 41.9 Å². The maximum atomic E-state index is 15.8. The zero-order valence-electron chi connectivity index (χ0n) is 79.0. The van der Waals surface area contributed by atoms with Crippen molar-refractivity contribution in [3.05, 3.63) is 220 Å². The van der Waals surface area contributed by atoms with Crippen LogP contribution < -0.4 is 59.3 Å². The number of aromatic amines is 2. The molecule has 17 N–H and O–H groups in total. The van der Waals surface area contributed by atoms with E-state index < -0.39 is 149 Å². The molecule has 0 bridgehead atoms. The number of halogens is 1. The average molecular weight is 1910 g/mol. The molecule has 17 atom stereocenters. The van der Waals surface area contributed by atoms with Gasteiger partial charge in [-0.05, 0) is 247 Å². The number of carbonyl (C=O) groups is 10. The summed E-state index contributed by atoms with van der Waals surface area (Å²) in [5.41, 5.74) is 24.5. The highest BCUT2D eigenvalue weighted by molar-refractivity contribution is 7.99. The molecular formula is C106H137FN16O12S2. The standard InChI is InChI=1S/C106H137FN16O12S2/c1-65(124)82-55-96(127)86(31-12-15-41-108)118-102(131)74(50-75-56-114-85-30-11-10-27-79(75)85)54-95(126)90(48-67-23-8-5-9-24-67)120-101(130)73(45-66-21-6-4-7-22-66)53-94(125)87(34-20-44-113-106(109)110)119-105(134)89(32-14-17-43-112-104(133)91(121-103(82)132)49-68-35-39-77(107)40-36-68)116-58-78(117-98(129)64-137(135)63-70-47-84-81-29-19-33-88-100(81)76(57-115-88)52-93(84)123(3)60-70)26-13-16-42-111-97(128)62-136-61-69-46-83-80-28-18-25-71-37-38-72(99(71)80)51-92(83)122(2)59-69/h4-11,18-19,21-25,27-30,33,35-36,38-40,56-57,65,69-70,73-74,78,82-84,86-87,89-93,114-116,124H,12-17,20,26,31-32,34,37,41-55,58-64,108H2,1-3H3,(H,111,128)(H,112,133)(H,117,129)(H,118,131)(H,119,134)(H,120,130)(H,121,132)(H4,109,110,113)/t65-,69-,70-,73-,74+,78+,82+,83-,84-,86+,87+,89-,90+,91+,92-,93-,137?/m1/s1. The molecule has 14 rings (SSSR count). The number of likely N-dealkylation sites (tertiary alicyclic amines) is 2. The number of Topliss-reactive ketones (excluding diaryl/α,β-unsaturated/α-hetero) is 3. The molecule has 3 fully saturated rings. The van der Waals surface area contributed by atoms with Crippen molar-refractivity contribution in [2.45, 2.75) is 221 Å². The van der Waals surface area contributed by atoms with Gasteiger partial charge in [-0.25, -0.2) is 4.39 Å². The monoisotopic (exact) mass is 1910 g/mol. The van der Waals surface area contributed by atoms with E-state index in [-0.39, 0.29) is 126 Å². The van der Waals surface area contributed by atoms with Crippen LogP contribution in [0.15, 0.2) is 164 Å². The number of nitrogens with two attached hydrogens (primary N) is 2. The van der Waals surface area contributed by atoms with Gasteiger partial charge in [0, 0.05) is 158 Å². The topological polar surface area (TPSA) is 430 Å². The number of thioether (sulfide) groups is 1. The molecule has 3 saturated heterocycles. The number of aliphatic hydroxyl groups is 1. The number of aliphatic hydroxyl groups excluding tert-OH is 1. The number of amides is 7. The van der Waals surface area contributed by atoms with E-state index in [0.29, 0.717) is 96.8 Å². The normalized spacial score (nSPS) is 24.8. The molecule has 6 aromatic carbocycles. The van der Waals surface area contributed by atoms with Gasteiger partial charge in [-0.2, -0.15) is 11.8 Å². The summed E-state index contributed by atoms with van der Waals surface area (Å²) in [7, 11) is 2.76. The molecule has 0 saturated carbocycles. The van der Waals surface area contributed by atoms with Crippen molar-refractivity contribution in [2.75, 3.05) is 82.9 Å². The third-order valence-electron chi connectivity index (χ3n) is 28.7. The van der Waals surface area contributed by atoms with Gasteiger partial charge in [0.15, 0.2) is 23.3 Å². The molecule has 1 unspecified atom stereocenters. The molecule has 3 aliphatic carbocycles. The Bertz CT molecular complexity index is 5580. The number of allylic oxidation sites excluding steroid dienone is 1. The second-order valence-corrected chi connectivity index (χ2v) is 41.4. The molecule has 28 nitrogen and oxygen atoms in total. The Labute approximate surface area is 809 Å². The van der Waals surface area contributed by atoms with Crippen molar-refractivity contribution < 1.29 is 61.7 Å². The highest BCUT2D eigenvalue weighted by Gasteiger charge is 2.45. The van der Waals surface area contributed by atoms with E-state index in [1.165, 1.54) is 70.0 Å². The summed E-state index contributed by atoms with van der Waals surface area (Å²) >= 11 is 1.65. The number of ketones is 3. The molecule has 31 heteroatoms. The summed E-state index contributed by atoms with van der Waals surface area (Å²) in [6.45, 7) is 3.71. The lowest BCUT2D eigenvalue weighted by molar-refractivity contribution is -0.137. The van der Waals surface area contributed by atoms with E-state index in [2.05, 4.69) is 130 Å². The summed E-state index contributed by atoms with van der Waals surface area (Å²) in [4.78, 5) is 163. The molecule has 137 heavy (non-hydrogen) atoms. The van der Waals surface area contributed by atoms with Crippen LogP contribution in [0.4, 0.5) is 4.39 Å². The quantitative estimate of drug-likeness (QED) is 0.0101. The second kappa shape index (κ2) is 49.5. The van der Waals surface area contributed by atoms with E-state index >= 15 is 28.8 Å². The number of para-hydroxylation sites is 1. The summed E-state index contributed by atoms with van der Waals surface area (Å²) in [5.74, 6) is -8.26. The van der Waals surface area contributed by atoms with Crippen molar-refractivity contribution >= 4 is 115 Å². The van der Waals surface area contributed by atoms with Crippen LogP contribution in [-0.2, 0) is 97.3 Å². The number of nitrogens with one attached hydrogen (secondary N) is 12. The van der Waals surface area contributed by atoms with Crippen molar-refractivity contribution in [1.82, 2.24) is 67.6 Å². The van der Waals surface area contributed by atoms with Crippen LogP contribution in [0.1, 0.15) is 178 Å². The Balaban J connectivity index is 0.737. The van der Waals surface area contributed by atoms with E-state index in [1.807, 2.05) is 48.5 Å². The van der Waals surface area contributed by atoms with Crippen LogP contribution in [0, 0.1) is 40.8 Å². The number of piperidine rings is 2. The fourth-order valence-corrected chi connectivity index (χ4v) is 23.9. The number of H-pyrrole nitrogens is 2. The number of guanidine groups is 1. The van der Waals surface area contributed by atoms with Gasteiger partial charge in [0.2, 0.25) is 41.4 Å². The van der Waals surface area contributed by atoms with Crippen molar-refractivity contribution in [2.24, 2.45) is 41.1 Å². The Morgan fingerprint density at radius 1 is 0.599 bits per heavy atom. The molecular weight excluding hydrogens is 1770 g/mol. The predicted molar refractivity (Wildman–Crippen MR) is 535 cm³/mol. The molecule has 3 aliphatic heterocycles. The first-order chi connectivity index (χ1) is 66.3. The molecule has 0 spiro atoms. The number of aromatic nitrogens is 2. The molecule has 0 radical (unpaired) electrons. The number of benzene rings is 6. The maximum absolute atomic E-state index is 15.8. The van der Waals surface area contributed by atoms with Gasteiger partial charge in [0.25, 0.3) is 0 Å². The Morgan fingerprint density at radius 2 is 1.21 bits per heavy atom. The van der Waals surface area contributed by atoms with Crippen LogP contribution in [-0.4, -0.2) is 231 Å². The van der Waals surface area contributed by atoms with E-state index in [9.17, 15) is 32.9 Å². The van der Waals surface area contributed by atoms with Gasteiger partial charge < -0.3 is 84.2 Å². The molecule has 732 valence electrons. The second-order valence-electron chi connectivity index (χ2n) is 38.9. The minimum Gasteiger partial charge on any atom is -0.393 e. The van der Waals surface area contributed by atoms with Crippen LogP contribution in [0.3, 0.4) is 0 Å². The Hall–Kier alpha value is -11.1. The van der Waals surface area contributed by atoms with Crippen LogP contribution in [0.25, 0.3) is 27.4 Å². The highest BCUT2D eigenvalue weighted by Crippen LogP contribution is 2.50. The first kappa shape index (κ1) is 102. The molecule has 6 aliphatic rings. The molecule has 2 aromatic heterocycles. The number of carbonyl (C=O) groups excluding carboxylic acids is 10. The summed E-state index contributed by atoms with van der Waals surface area (Å²) in [6, 6.07) is 37.7. The van der Waals surface area contributed by atoms with Crippen LogP contribution in [0.2, 0.25) is 0 Å². The van der Waals surface area contributed by atoms with Gasteiger partial charge in [-0.15, -0.1) is 0 Å². The van der Waals surface area contributed by atoms with Gasteiger partial charge >= 0.3 is 0 Å². The van der Waals surface area contributed by atoms with Crippen molar-refractivity contribution in [1.29, 1.82) is 5.41 Å². The lowest BCUT2D eigenvalue weighted by Gasteiger charge is -2.46. The van der Waals surface area contributed by atoms with Crippen molar-refractivity contribution in [3.8, 4) is 0 Å². The summed E-state index contributed by atoms with van der Waals surface area (Å²) in [5, 5.41) is 49.0. The highest BCUT2D eigenvalue weighted by atomic mass is 32.2. The minimum atomic E-state index is -1.60. The third kappa shape index (κ3) is 27.9. The number of hydrogen-bond donors (Lipinski definition) is 15. The SMILES string of the molecule is C[C@@H](O)[C@@H]1CC(=O)[C@H](CCCCN)NC(=O)[C@@H](Cc2c[nH]c3ccccc23)CC(=O)[C@H](Cc2ccccc2)NC(=O)[C@H](Cc2ccccc2)CC(=O)[C@H](CCCNC(=N)N)NC(=O)[C@H](NC[C@H](CCCCNC(=O)CSC[C@@H]2C[C@@H]3c4cccc5c4C(=CC5)C[C@H]3N(C)C2)NC(=O)CS(=O)C[C@@H]2C[C@@H]3c4cccc5[nH]cc(c45)C[C@H]3N(C)C2)CCCCNC(=O)[C@H](Cc2ccc(F)cc2)NC1=O. The fraction of sp³-hybridized carbons (Fsp3) is 0.500. The smallest absolute Gasteiger partial charge is 0.242 e. The Morgan fingerprint density at radius 3 is 1.96 bits per heavy atom. The fourth-order valence-electron chi connectivity index (χ4n) is 21.6. The van der Waals surface area contributed by atoms with Crippen LogP contribution >= 0.6 is 11.8 Å². The van der Waals surface area contributed by atoms with Crippen LogP contribution in [0.5, 0.6) is 0 Å². The largest absolute Gasteiger partial charge is 0.393 e. The number of unbranched alkanes of at least 4 members (excludes halogenated alkanes) is 2. The summed E-state index contributed by atoms with van der Waals surface area (Å²) < 4.78 is 29.1. The number of hydrogen-bond acceptors (Lipinski definition) is 18. The van der Waals surface area contributed by atoms with Gasteiger partial charge in [-0.3, -0.25) is 57.6 Å². The van der Waals surface area contributed by atoms with Gasteiger partial charge in [0.1, 0.15) is 17.6 Å². The first-order valence-electron chi connectivity index (χ1n) is 49.2. The lowest BCUT2D eigenvalue weighted by Crippen LogP contribution is -2.54. The van der Waals surface area contributed by atoms with Crippen molar-refractivity contribution in [3.63, 3.8) is 0 Å². The zero-order valence-corrected chi connectivity index (χ0v) is 80.7. The molecule has 5 heterocycles. The molecule has 7 amide bonds. The molecule has 8 aromatic rings. The first-order valence-corrected chi connectivity index (χ1v) is 51.8. The number of rotatable bonds is 34. The van der Waals surface area contributed by atoms with E-state index in [1.54, 1.807) is 54.4 Å². The van der Waals surface area contributed by atoms with E-state index in [0.717, 1.165) is 60.8 Å². The van der Waals surface area contributed by atoms with Gasteiger partial charge in [-0.1, -0.05) is 127 Å². The number of nitrogens with zero attached hydrogens (tertiary/aromatic N) is 2. The maximum Gasteiger partial charge on any atom is 0.242 e. The third-order valence-corrected chi connectivity index (χ3v) is 31.4. The summed E-state index contributed by atoms with van der Waals surface area (Å²) in [6.07, 6.45) is 10.8. The number of likely N-dealkylation sites (N-methyl/N-ethyl adjacent to an activating group) is 2. The zero-order chi connectivity index (χ0) is 96.6. The number of fused-ring (bicyclic) bond motifs is 5. The predicted octanol–water partition coefficient (Wildman–Crippen LogP) is 9.12. The minimum absolute atomic E-state index is 0.000291. The van der Waals surface area contributed by atoms with E-state index in [4.69, 9.17) is 16.9 Å². The lowest BCUT2D eigenvalue weighted by atomic mass is 9.70. The Kier molecular flexibility index (Phi) is 36.8.